The minimum absolute atomic E-state index is 0.0373. The van der Waals surface area contributed by atoms with Gasteiger partial charge in [-0.25, -0.2) is 19.9 Å². The van der Waals surface area contributed by atoms with E-state index in [0.29, 0.717) is 6.54 Å². The molecule has 5 rings (SSSR count). The zero-order valence-electron chi connectivity index (χ0n) is 16.8. The second-order valence-electron chi connectivity index (χ2n) is 7.48. The molecule has 0 radical (unpaired) electrons. The van der Waals surface area contributed by atoms with Crippen molar-refractivity contribution in [1.82, 2.24) is 30.2 Å². The van der Waals surface area contributed by atoms with Crippen LogP contribution >= 0.6 is 11.3 Å². The molecule has 4 aromatic rings. The predicted octanol–water partition coefficient (Wildman–Crippen LogP) is 3.08. The zero-order chi connectivity index (χ0) is 21.0. The van der Waals surface area contributed by atoms with E-state index in [-0.39, 0.29) is 11.8 Å². The highest BCUT2D eigenvalue weighted by Crippen LogP contribution is 2.32. The number of carbonyl (C=O) groups is 1. The van der Waals surface area contributed by atoms with E-state index in [4.69, 9.17) is 9.97 Å². The van der Waals surface area contributed by atoms with Gasteiger partial charge in [0.15, 0.2) is 5.13 Å². The van der Waals surface area contributed by atoms with Crippen LogP contribution in [0.25, 0.3) is 21.6 Å². The number of nitrogens with one attached hydrogen (secondary N) is 1. The number of anilines is 1. The number of hydrogen-bond acceptors (Lipinski definition) is 8. The minimum atomic E-state index is 0.0373. The fourth-order valence-electron chi connectivity index (χ4n) is 3.70. The Morgan fingerprint density at radius 3 is 2.58 bits per heavy atom. The highest BCUT2D eigenvalue weighted by Gasteiger charge is 2.26. The second kappa shape index (κ2) is 8.73. The van der Waals surface area contributed by atoms with Crippen LogP contribution in [0.4, 0.5) is 5.13 Å². The van der Waals surface area contributed by atoms with Gasteiger partial charge in [-0.15, -0.1) is 0 Å². The Kier molecular flexibility index (Phi) is 5.49. The molecule has 1 N–H and O–H groups in total. The Morgan fingerprint density at radius 2 is 1.81 bits per heavy atom. The molecule has 1 aliphatic heterocycles. The van der Waals surface area contributed by atoms with E-state index in [0.717, 1.165) is 58.2 Å². The second-order valence-corrected chi connectivity index (χ2v) is 8.43. The molecule has 0 spiro atoms. The molecule has 1 aliphatic rings. The summed E-state index contributed by atoms with van der Waals surface area (Å²) in [6.45, 7) is 2.17. The Morgan fingerprint density at radius 1 is 1.03 bits per heavy atom. The maximum Gasteiger partial charge on any atom is 0.223 e. The molecule has 1 fully saturated rings. The topological polar surface area (TPSA) is 96.8 Å². The lowest BCUT2D eigenvalue weighted by Crippen LogP contribution is -2.40. The fourth-order valence-corrected chi connectivity index (χ4v) is 4.69. The molecule has 1 saturated heterocycles. The van der Waals surface area contributed by atoms with Crippen molar-refractivity contribution < 1.29 is 4.79 Å². The van der Waals surface area contributed by atoms with Crippen LogP contribution in [0.5, 0.6) is 0 Å². The standard InChI is InChI=1S/C22H21N7OS/c30-20(26-11-15-3-7-23-8-4-15)16-5-9-29(10-6-16)22-28-19-2-1-18(27-21(19)31-22)17-12-24-14-25-13-17/h1-4,7-8,12-14,16H,5-6,9-11H2,(H,26,30). The average Bonchev–Trinajstić information content (AvgIpc) is 3.27. The summed E-state index contributed by atoms with van der Waals surface area (Å²) in [6, 6.07) is 7.77. The van der Waals surface area contributed by atoms with Gasteiger partial charge in [0, 0.05) is 55.9 Å². The Balaban J connectivity index is 1.21. The zero-order valence-corrected chi connectivity index (χ0v) is 17.6. The molecular formula is C22H21N7OS. The molecular weight excluding hydrogens is 410 g/mol. The SMILES string of the molecule is O=C(NCc1ccncc1)C1CCN(c2nc3ccc(-c4cncnc4)nc3s2)CC1. The molecule has 0 aromatic carbocycles. The number of pyridine rings is 2. The van der Waals surface area contributed by atoms with Gasteiger partial charge < -0.3 is 10.2 Å². The van der Waals surface area contributed by atoms with E-state index in [2.05, 4.69) is 25.2 Å². The summed E-state index contributed by atoms with van der Waals surface area (Å²) in [5.74, 6) is 0.160. The molecule has 5 heterocycles. The first-order valence-electron chi connectivity index (χ1n) is 10.2. The van der Waals surface area contributed by atoms with E-state index in [9.17, 15) is 4.79 Å². The normalized spacial score (nSPS) is 14.6. The van der Waals surface area contributed by atoms with Gasteiger partial charge in [0.25, 0.3) is 0 Å². The third kappa shape index (κ3) is 4.36. The third-order valence-corrected chi connectivity index (χ3v) is 6.48. The molecule has 9 heteroatoms. The van der Waals surface area contributed by atoms with Crippen molar-refractivity contribution >= 4 is 32.7 Å². The summed E-state index contributed by atoms with van der Waals surface area (Å²) in [6.07, 6.45) is 10.1. The first-order valence-corrected chi connectivity index (χ1v) is 11.0. The van der Waals surface area contributed by atoms with E-state index in [1.165, 1.54) is 6.33 Å². The van der Waals surface area contributed by atoms with Gasteiger partial charge >= 0.3 is 0 Å². The van der Waals surface area contributed by atoms with Crippen molar-refractivity contribution in [3.05, 3.63) is 60.9 Å². The van der Waals surface area contributed by atoms with Gasteiger partial charge in [-0.1, -0.05) is 11.3 Å². The summed E-state index contributed by atoms with van der Waals surface area (Å²) in [5.41, 5.74) is 3.67. The lowest BCUT2D eigenvalue weighted by Gasteiger charge is -2.31. The van der Waals surface area contributed by atoms with E-state index in [1.54, 1.807) is 36.1 Å². The number of rotatable bonds is 5. The molecule has 0 saturated carbocycles. The summed E-state index contributed by atoms with van der Waals surface area (Å²) in [5, 5.41) is 4.01. The molecule has 8 nitrogen and oxygen atoms in total. The van der Waals surface area contributed by atoms with Crippen LogP contribution in [0.3, 0.4) is 0 Å². The van der Waals surface area contributed by atoms with Crippen LogP contribution in [0.1, 0.15) is 18.4 Å². The van der Waals surface area contributed by atoms with Crippen LogP contribution < -0.4 is 10.2 Å². The van der Waals surface area contributed by atoms with Gasteiger partial charge in [0.2, 0.25) is 5.91 Å². The molecule has 1 amide bonds. The summed E-state index contributed by atoms with van der Waals surface area (Å²) < 4.78 is 0. The van der Waals surface area contributed by atoms with Crippen LogP contribution in [-0.4, -0.2) is 43.9 Å². The predicted molar refractivity (Wildman–Crippen MR) is 119 cm³/mol. The first-order chi connectivity index (χ1) is 15.3. The van der Waals surface area contributed by atoms with E-state index < -0.39 is 0 Å². The van der Waals surface area contributed by atoms with Crippen LogP contribution in [0.2, 0.25) is 0 Å². The number of aromatic nitrogens is 5. The molecule has 0 unspecified atom stereocenters. The molecule has 0 aliphatic carbocycles. The number of thiazole rings is 1. The fraction of sp³-hybridized carbons (Fsp3) is 0.273. The van der Waals surface area contributed by atoms with Crippen LogP contribution in [0.15, 0.2) is 55.4 Å². The van der Waals surface area contributed by atoms with Gasteiger partial charge in [0.1, 0.15) is 16.7 Å². The van der Waals surface area contributed by atoms with Crippen LogP contribution in [-0.2, 0) is 11.3 Å². The molecule has 0 atom stereocenters. The average molecular weight is 432 g/mol. The lowest BCUT2D eigenvalue weighted by atomic mass is 9.96. The van der Waals surface area contributed by atoms with Crippen LogP contribution in [0, 0.1) is 5.92 Å². The highest BCUT2D eigenvalue weighted by atomic mass is 32.1. The maximum atomic E-state index is 12.5. The van der Waals surface area contributed by atoms with E-state index >= 15 is 0 Å². The number of carbonyl (C=O) groups excluding carboxylic acids is 1. The van der Waals surface area contributed by atoms with Crippen molar-refractivity contribution in [3.8, 4) is 11.3 Å². The molecule has 0 bridgehead atoms. The quantitative estimate of drug-likeness (QED) is 0.519. The van der Waals surface area contributed by atoms with Crippen molar-refractivity contribution in [2.75, 3.05) is 18.0 Å². The smallest absolute Gasteiger partial charge is 0.223 e. The van der Waals surface area contributed by atoms with Crippen molar-refractivity contribution in [2.24, 2.45) is 5.92 Å². The number of fused-ring (bicyclic) bond motifs is 1. The van der Waals surface area contributed by atoms with Crippen molar-refractivity contribution in [3.63, 3.8) is 0 Å². The van der Waals surface area contributed by atoms with E-state index in [1.807, 2.05) is 24.3 Å². The Labute approximate surface area is 183 Å². The third-order valence-electron chi connectivity index (χ3n) is 5.45. The largest absolute Gasteiger partial charge is 0.352 e. The molecule has 4 aromatic heterocycles. The summed E-state index contributed by atoms with van der Waals surface area (Å²) >= 11 is 1.59. The van der Waals surface area contributed by atoms with Gasteiger partial charge in [-0.3, -0.25) is 9.78 Å². The molecule has 156 valence electrons. The van der Waals surface area contributed by atoms with Gasteiger partial charge in [-0.2, -0.15) is 0 Å². The number of hydrogen-bond donors (Lipinski definition) is 1. The minimum Gasteiger partial charge on any atom is -0.352 e. The Bertz CT molecular complexity index is 1170. The monoisotopic (exact) mass is 431 g/mol. The highest BCUT2D eigenvalue weighted by molar-refractivity contribution is 7.21. The Hall–Kier alpha value is -3.46. The number of amides is 1. The first kappa shape index (κ1) is 19.5. The van der Waals surface area contributed by atoms with Crippen molar-refractivity contribution in [1.29, 1.82) is 0 Å². The lowest BCUT2D eigenvalue weighted by molar-refractivity contribution is -0.125. The van der Waals surface area contributed by atoms with Crippen molar-refractivity contribution in [2.45, 2.75) is 19.4 Å². The number of piperidine rings is 1. The summed E-state index contributed by atoms with van der Waals surface area (Å²) in [7, 11) is 0. The summed E-state index contributed by atoms with van der Waals surface area (Å²) in [4.78, 5) is 37.3. The number of nitrogens with zero attached hydrogens (tertiary/aromatic N) is 6. The van der Waals surface area contributed by atoms with Gasteiger partial charge in [-0.05, 0) is 42.7 Å². The molecule has 31 heavy (non-hydrogen) atoms. The van der Waals surface area contributed by atoms with Gasteiger partial charge in [0.05, 0.1) is 5.69 Å². The maximum absolute atomic E-state index is 12.5.